The van der Waals surface area contributed by atoms with E-state index in [4.69, 9.17) is 4.99 Å². The summed E-state index contributed by atoms with van der Waals surface area (Å²) in [6, 6.07) is 3.12. The van der Waals surface area contributed by atoms with Crippen LogP contribution in [0.15, 0.2) is 17.1 Å². The van der Waals surface area contributed by atoms with Gasteiger partial charge in [0.25, 0.3) is 11.8 Å². The van der Waals surface area contributed by atoms with Crippen LogP contribution in [0.4, 0.5) is 10.5 Å². The van der Waals surface area contributed by atoms with Crippen LogP contribution in [-0.4, -0.2) is 73.9 Å². The first kappa shape index (κ1) is 27.9. The van der Waals surface area contributed by atoms with E-state index in [9.17, 15) is 23.1 Å². The molecular weight excluding hydrogens is 518 g/mol. The summed E-state index contributed by atoms with van der Waals surface area (Å²) in [5.74, 6) is 1.53. The van der Waals surface area contributed by atoms with Gasteiger partial charge in [-0.1, -0.05) is 19.8 Å². The molecule has 1 aromatic rings. The van der Waals surface area contributed by atoms with Gasteiger partial charge in [-0.3, -0.25) is 19.1 Å². The summed E-state index contributed by atoms with van der Waals surface area (Å²) in [5.41, 5.74) is 2.33. The Labute approximate surface area is 230 Å². The maximum atomic E-state index is 14.0. The van der Waals surface area contributed by atoms with E-state index < -0.39 is 21.1 Å². The summed E-state index contributed by atoms with van der Waals surface area (Å²) in [6.45, 7) is 6.68. The van der Waals surface area contributed by atoms with E-state index in [1.54, 1.807) is 16.4 Å². The number of nitrogens with one attached hydrogen (secondary N) is 2. The largest absolute Gasteiger partial charge is 0.329 e. The van der Waals surface area contributed by atoms with E-state index in [2.05, 4.69) is 17.6 Å². The topological polar surface area (TPSA) is 131 Å². The van der Waals surface area contributed by atoms with Crippen LogP contribution in [0.1, 0.15) is 62.1 Å². The minimum Gasteiger partial charge on any atom is -0.328 e. The third-order valence-electron chi connectivity index (χ3n) is 9.22. The fourth-order valence-corrected chi connectivity index (χ4v) is 8.63. The number of anilines is 1. The predicted octanol–water partition coefficient (Wildman–Crippen LogP) is 2.93. The lowest BCUT2D eigenvalue weighted by atomic mass is 9.82. The zero-order chi connectivity index (χ0) is 28.2. The molecule has 1 aliphatic carbocycles. The van der Waals surface area contributed by atoms with Crippen molar-refractivity contribution in [2.75, 3.05) is 36.5 Å². The van der Waals surface area contributed by atoms with Crippen LogP contribution in [0.25, 0.3) is 0 Å². The van der Waals surface area contributed by atoms with E-state index >= 15 is 0 Å². The molecule has 10 nitrogen and oxygen atoms in total. The van der Waals surface area contributed by atoms with Crippen molar-refractivity contribution in [2.45, 2.75) is 71.3 Å². The number of nitrogens with zero attached hydrogens (tertiary/aromatic N) is 3. The molecule has 0 bridgehead atoms. The summed E-state index contributed by atoms with van der Waals surface area (Å²) in [5, 5.41) is 5.59. The van der Waals surface area contributed by atoms with Gasteiger partial charge in [0.1, 0.15) is 11.4 Å². The van der Waals surface area contributed by atoms with Gasteiger partial charge in [-0.15, -0.1) is 9.53 Å². The molecule has 0 aromatic heterocycles. The number of benzene rings is 1. The lowest BCUT2D eigenvalue weighted by Gasteiger charge is -2.52. The first-order valence-electron chi connectivity index (χ1n) is 14.0. The summed E-state index contributed by atoms with van der Waals surface area (Å²) in [7, 11) is -4.16. The molecule has 39 heavy (non-hydrogen) atoms. The lowest BCUT2D eigenvalue weighted by Crippen LogP contribution is -2.59. The fraction of sp³-hybridized carbons (Fsp3) is 0.643. The van der Waals surface area contributed by atoms with Crippen molar-refractivity contribution in [3.8, 4) is 0 Å². The molecular formula is C28H41N5O5S. The minimum absolute atomic E-state index is 0.0196. The molecule has 4 aliphatic rings. The molecule has 5 rings (SSSR count). The van der Waals surface area contributed by atoms with E-state index in [0.29, 0.717) is 44.0 Å². The molecule has 11 heteroatoms. The van der Waals surface area contributed by atoms with Crippen molar-refractivity contribution >= 4 is 38.9 Å². The Balaban J connectivity index is 1.25. The number of urea groups is 1. The molecule has 0 radical (unpaired) electrons. The smallest absolute Gasteiger partial charge is 0.328 e. The van der Waals surface area contributed by atoms with Crippen LogP contribution in [0.3, 0.4) is 0 Å². The second-order valence-electron chi connectivity index (χ2n) is 12.2. The van der Waals surface area contributed by atoms with E-state index in [1.807, 2.05) is 13.8 Å². The van der Waals surface area contributed by atoms with Crippen molar-refractivity contribution in [1.29, 1.82) is 0 Å². The normalized spacial score (nSPS) is 26.8. The Kier molecular flexibility index (Phi) is 7.00. The third kappa shape index (κ3) is 5.28. The van der Waals surface area contributed by atoms with Crippen molar-refractivity contribution in [2.24, 2.45) is 16.8 Å². The standard InChI is InChI=1S/C28H41N5O5S/c1-18-5-7-21(8-6-18)25-30-26(35)28(31-25)10-12-32(13-11-28)39(4,37,38)14-9-23-19(2)15-22(16-20(23)3)33-24(34)17-29-27(33)36/h15-16,18,21H,5-14,17H2,1-4H3,(H,29,36)(H,37,38)(H,30,31,35). The van der Waals surface area contributed by atoms with Gasteiger partial charge < -0.3 is 10.6 Å². The Morgan fingerprint density at radius 3 is 2.26 bits per heavy atom. The zero-order valence-corrected chi connectivity index (χ0v) is 24.2. The number of imide groups is 1. The minimum atomic E-state index is -4.16. The summed E-state index contributed by atoms with van der Waals surface area (Å²) in [4.78, 5) is 43.3. The number of hydrogen-bond acceptors (Lipinski definition) is 5. The Morgan fingerprint density at radius 2 is 1.69 bits per heavy atom. The quantitative estimate of drug-likeness (QED) is 0.461. The molecule has 2 saturated heterocycles. The molecule has 1 spiro atoms. The van der Waals surface area contributed by atoms with Gasteiger partial charge in [0.2, 0.25) is 0 Å². The highest BCUT2D eigenvalue weighted by atomic mass is 32.3. The SMILES string of the molecule is Cc1cc(N2C(=O)CNC2=O)cc(C)c1CCS(C)(=O)(O)N1CCC2(CC1)N=C(C1CCC(C)CC1)NC2=O. The molecule has 214 valence electrons. The van der Waals surface area contributed by atoms with Gasteiger partial charge in [0, 0.05) is 25.3 Å². The molecule has 1 aromatic carbocycles. The van der Waals surface area contributed by atoms with E-state index in [0.717, 1.165) is 59.0 Å². The Bertz CT molecular complexity index is 1260. The van der Waals surface area contributed by atoms with Crippen LogP contribution >= 0.6 is 0 Å². The molecule has 0 atom stereocenters. The number of carbonyl (C=O) groups excluding carboxylic acids is 3. The molecule has 3 heterocycles. The fourth-order valence-electron chi connectivity index (χ4n) is 6.58. The zero-order valence-electron chi connectivity index (χ0n) is 23.4. The van der Waals surface area contributed by atoms with Gasteiger partial charge in [-0.05, 0) is 80.7 Å². The average molecular weight is 560 g/mol. The van der Waals surface area contributed by atoms with E-state index in [-0.39, 0.29) is 24.1 Å². The predicted molar refractivity (Wildman–Crippen MR) is 152 cm³/mol. The van der Waals surface area contributed by atoms with Crippen LogP contribution in [-0.2, 0) is 25.5 Å². The monoisotopic (exact) mass is 559 g/mol. The summed E-state index contributed by atoms with van der Waals surface area (Å²) < 4.78 is 27.1. The van der Waals surface area contributed by atoms with Crippen molar-refractivity contribution in [3.63, 3.8) is 0 Å². The molecule has 3 fully saturated rings. The van der Waals surface area contributed by atoms with E-state index in [1.165, 1.54) is 6.26 Å². The third-order valence-corrected chi connectivity index (χ3v) is 12.0. The second kappa shape index (κ2) is 9.78. The number of carbonyl (C=O) groups is 3. The number of hydrogen-bond donors (Lipinski definition) is 3. The van der Waals surface area contributed by atoms with Gasteiger partial charge in [-0.25, -0.2) is 14.0 Å². The molecule has 3 N–H and O–H groups in total. The number of aliphatic imine (C=N–C) groups is 1. The first-order valence-corrected chi connectivity index (χ1v) is 16.5. The van der Waals surface area contributed by atoms with Gasteiger partial charge >= 0.3 is 6.03 Å². The maximum absolute atomic E-state index is 14.0. The Morgan fingerprint density at radius 1 is 1.08 bits per heavy atom. The van der Waals surface area contributed by atoms with Gasteiger partial charge in [0.05, 0.1) is 18.0 Å². The van der Waals surface area contributed by atoms with Crippen LogP contribution in [0.5, 0.6) is 0 Å². The van der Waals surface area contributed by atoms with Crippen molar-refractivity contribution < 1.29 is 23.1 Å². The van der Waals surface area contributed by atoms with Gasteiger partial charge in [0.15, 0.2) is 0 Å². The first-order chi connectivity index (χ1) is 18.3. The molecule has 3 aliphatic heterocycles. The highest BCUT2D eigenvalue weighted by Crippen LogP contribution is 2.39. The maximum Gasteiger partial charge on any atom is 0.329 e. The average Bonchev–Trinajstić information content (AvgIpc) is 3.36. The van der Waals surface area contributed by atoms with Crippen LogP contribution in [0, 0.1) is 25.7 Å². The number of rotatable bonds is 6. The van der Waals surface area contributed by atoms with Crippen LogP contribution in [0.2, 0.25) is 0 Å². The van der Waals surface area contributed by atoms with Gasteiger partial charge in [-0.2, -0.15) is 4.21 Å². The number of piperidine rings is 1. The number of amidine groups is 1. The van der Waals surface area contributed by atoms with Crippen molar-refractivity contribution in [1.82, 2.24) is 14.9 Å². The molecule has 0 unspecified atom stereocenters. The second-order valence-corrected chi connectivity index (χ2v) is 16.0. The number of aryl methyl sites for hydroxylation is 2. The molecule has 4 amide bonds. The molecule has 1 saturated carbocycles. The van der Waals surface area contributed by atoms with Crippen LogP contribution < -0.4 is 15.5 Å². The lowest BCUT2D eigenvalue weighted by molar-refractivity contribution is -0.125. The highest BCUT2D eigenvalue weighted by molar-refractivity contribution is 8.12. The summed E-state index contributed by atoms with van der Waals surface area (Å²) >= 11 is 0. The summed E-state index contributed by atoms with van der Waals surface area (Å²) in [6.07, 6.45) is 7.04. The highest BCUT2D eigenvalue weighted by Gasteiger charge is 2.49. The van der Waals surface area contributed by atoms with Crippen molar-refractivity contribution in [3.05, 3.63) is 28.8 Å². The number of amides is 4. The Hall–Kier alpha value is -2.63.